The lowest BCUT2D eigenvalue weighted by atomic mass is 10.1. The van der Waals surface area contributed by atoms with Gasteiger partial charge >= 0.3 is 0 Å². The third-order valence-corrected chi connectivity index (χ3v) is 5.40. The minimum atomic E-state index is -0.131. The molecule has 0 saturated heterocycles. The maximum atomic E-state index is 12.5. The Morgan fingerprint density at radius 2 is 1.75 bits per heavy atom. The molecule has 1 heterocycles. The molecule has 0 aliphatic carbocycles. The van der Waals surface area contributed by atoms with E-state index < -0.39 is 0 Å². The molecule has 0 bridgehead atoms. The first-order chi connectivity index (χ1) is 13.7. The van der Waals surface area contributed by atoms with Crippen LogP contribution in [-0.2, 0) is 11.4 Å². The van der Waals surface area contributed by atoms with Crippen molar-refractivity contribution in [2.75, 3.05) is 5.32 Å². The van der Waals surface area contributed by atoms with Crippen molar-refractivity contribution in [2.24, 2.45) is 0 Å². The lowest BCUT2D eigenvalue weighted by Gasteiger charge is -2.18. The summed E-state index contributed by atoms with van der Waals surface area (Å²) >= 11 is 1.44. The van der Waals surface area contributed by atoms with Crippen LogP contribution in [0.2, 0.25) is 0 Å². The largest absolute Gasteiger partial charge is 0.488 e. The van der Waals surface area contributed by atoms with Crippen molar-refractivity contribution in [3.05, 3.63) is 94.4 Å². The molecule has 136 valence electrons. The normalized spacial score (nSPS) is 14.1. The van der Waals surface area contributed by atoms with Crippen molar-refractivity contribution in [3.8, 4) is 11.8 Å². The molecule has 3 aromatic carbocycles. The van der Waals surface area contributed by atoms with Crippen molar-refractivity contribution in [3.63, 3.8) is 0 Å². The lowest BCUT2D eigenvalue weighted by Crippen LogP contribution is -2.17. The molecule has 1 N–H and O–H groups in total. The van der Waals surface area contributed by atoms with E-state index in [1.54, 1.807) is 6.07 Å². The summed E-state index contributed by atoms with van der Waals surface area (Å²) in [4.78, 5) is 14.1. The predicted octanol–water partition coefficient (Wildman–Crippen LogP) is 5.22. The summed E-state index contributed by atoms with van der Waals surface area (Å²) in [7, 11) is 0. The van der Waals surface area contributed by atoms with Crippen molar-refractivity contribution < 1.29 is 9.53 Å². The number of amides is 1. The van der Waals surface area contributed by atoms with Gasteiger partial charge in [-0.25, -0.2) is 0 Å². The van der Waals surface area contributed by atoms with Gasteiger partial charge in [0.15, 0.2) is 0 Å². The Hall–Kier alpha value is -3.49. The summed E-state index contributed by atoms with van der Waals surface area (Å²) < 4.78 is 5.98. The third-order valence-electron chi connectivity index (χ3n) is 4.31. The lowest BCUT2D eigenvalue weighted by molar-refractivity contribution is -0.112. The number of hydrogen-bond donors (Lipinski definition) is 1. The number of carbonyl (C=O) groups excluding carboxylic acids is 1. The number of rotatable bonds is 4. The molecule has 1 aliphatic rings. The minimum Gasteiger partial charge on any atom is -0.488 e. The van der Waals surface area contributed by atoms with E-state index in [4.69, 9.17) is 4.74 Å². The summed E-state index contributed by atoms with van der Waals surface area (Å²) in [5.74, 6) is 0.531. The van der Waals surface area contributed by atoms with Gasteiger partial charge in [0.1, 0.15) is 12.4 Å². The highest BCUT2D eigenvalue weighted by Crippen LogP contribution is 2.39. The number of nitrogens with one attached hydrogen (secondary N) is 1. The van der Waals surface area contributed by atoms with Gasteiger partial charge in [0, 0.05) is 16.0 Å². The first-order valence-electron chi connectivity index (χ1n) is 8.74. The van der Waals surface area contributed by atoms with Crippen LogP contribution in [0, 0.1) is 11.3 Å². The molecule has 3 aromatic rings. The van der Waals surface area contributed by atoms with Gasteiger partial charge in [-0.2, -0.15) is 5.26 Å². The third kappa shape index (κ3) is 3.78. The van der Waals surface area contributed by atoms with Crippen molar-refractivity contribution in [1.29, 1.82) is 5.26 Å². The van der Waals surface area contributed by atoms with Gasteiger partial charge in [-0.15, -0.1) is 0 Å². The number of thioether (sulfide) groups is 1. The number of benzene rings is 3. The first-order valence-corrected chi connectivity index (χ1v) is 9.56. The van der Waals surface area contributed by atoms with Gasteiger partial charge < -0.3 is 10.1 Å². The van der Waals surface area contributed by atoms with E-state index in [2.05, 4.69) is 11.4 Å². The van der Waals surface area contributed by atoms with E-state index in [9.17, 15) is 10.1 Å². The summed E-state index contributed by atoms with van der Waals surface area (Å²) in [6.07, 6.45) is 1.83. The number of ether oxygens (including phenoxy) is 1. The highest BCUT2D eigenvalue weighted by Gasteiger charge is 2.21. The van der Waals surface area contributed by atoms with E-state index in [0.717, 1.165) is 21.7 Å². The van der Waals surface area contributed by atoms with Gasteiger partial charge in [0.25, 0.3) is 5.91 Å². The molecule has 0 unspecified atom stereocenters. The molecule has 0 saturated carbocycles. The van der Waals surface area contributed by atoms with Crippen LogP contribution in [0.25, 0.3) is 6.08 Å². The number of carbonyl (C=O) groups is 1. The molecule has 4 rings (SSSR count). The minimum absolute atomic E-state index is 0.131. The molecule has 1 amide bonds. The van der Waals surface area contributed by atoms with E-state index in [-0.39, 0.29) is 12.5 Å². The van der Waals surface area contributed by atoms with Crippen LogP contribution < -0.4 is 10.1 Å². The van der Waals surface area contributed by atoms with Crippen LogP contribution in [0.15, 0.2) is 82.6 Å². The molecule has 28 heavy (non-hydrogen) atoms. The van der Waals surface area contributed by atoms with Crippen LogP contribution in [0.1, 0.15) is 16.7 Å². The summed E-state index contributed by atoms with van der Waals surface area (Å²) in [5.41, 5.74) is 3.06. The molecule has 0 fully saturated rings. The zero-order chi connectivity index (χ0) is 19.3. The average molecular weight is 384 g/mol. The molecule has 0 atom stereocenters. The zero-order valence-corrected chi connectivity index (χ0v) is 15.7. The second-order valence-electron chi connectivity index (χ2n) is 6.16. The summed E-state index contributed by atoms with van der Waals surface area (Å²) in [5, 5.41) is 12.2. The van der Waals surface area contributed by atoms with Crippen LogP contribution in [0.3, 0.4) is 0 Å². The first kappa shape index (κ1) is 17.9. The van der Waals surface area contributed by atoms with Gasteiger partial charge in [0.05, 0.1) is 22.2 Å². The number of anilines is 1. The van der Waals surface area contributed by atoms with Gasteiger partial charge in [-0.3, -0.25) is 4.79 Å². The Morgan fingerprint density at radius 1 is 1.00 bits per heavy atom. The highest BCUT2D eigenvalue weighted by molar-refractivity contribution is 8.04. The van der Waals surface area contributed by atoms with Crippen molar-refractivity contribution >= 4 is 29.4 Å². The second-order valence-corrected chi connectivity index (χ2v) is 7.24. The topological polar surface area (TPSA) is 62.1 Å². The van der Waals surface area contributed by atoms with Crippen molar-refractivity contribution in [1.82, 2.24) is 0 Å². The standard InChI is InChI=1S/C23H16N2O2S/c24-14-17-8-1-2-9-18(17)15-27-20-11-5-3-7-16(20)13-22-23(26)25-19-10-4-6-12-21(19)28-22/h1-13H,15H2,(H,25,26)/b22-13-. The number of nitrogens with zero attached hydrogens (tertiary/aromatic N) is 1. The van der Waals surface area contributed by atoms with Gasteiger partial charge in [-0.05, 0) is 30.3 Å². The fourth-order valence-corrected chi connectivity index (χ4v) is 3.83. The molecule has 0 aromatic heterocycles. The fraction of sp³-hybridized carbons (Fsp3) is 0.0435. The van der Waals surface area contributed by atoms with Gasteiger partial charge in [-0.1, -0.05) is 60.3 Å². The molecule has 0 spiro atoms. The quantitative estimate of drug-likeness (QED) is 0.626. The zero-order valence-electron chi connectivity index (χ0n) is 14.9. The monoisotopic (exact) mass is 384 g/mol. The van der Waals surface area contributed by atoms with Crippen LogP contribution in [0.4, 0.5) is 5.69 Å². The molecular formula is C23H16N2O2S. The molecule has 0 radical (unpaired) electrons. The molecule has 4 nitrogen and oxygen atoms in total. The Kier molecular flexibility index (Phi) is 5.14. The van der Waals surface area contributed by atoms with Crippen LogP contribution >= 0.6 is 11.8 Å². The number of para-hydroxylation sites is 2. The highest BCUT2D eigenvalue weighted by atomic mass is 32.2. The fourth-order valence-electron chi connectivity index (χ4n) is 2.89. The molecule has 5 heteroatoms. The van der Waals surface area contributed by atoms with E-state index in [1.165, 1.54) is 11.8 Å². The molecular weight excluding hydrogens is 368 g/mol. The molecule has 1 aliphatic heterocycles. The Bertz CT molecular complexity index is 1120. The second kappa shape index (κ2) is 8.03. The Labute approximate surface area is 167 Å². The smallest absolute Gasteiger partial charge is 0.262 e. The van der Waals surface area contributed by atoms with Gasteiger partial charge in [0.2, 0.25) is 0 Å². The average Bonchev–Trinajstić information content (AvgIpc) is 2.74. The number of hydrogen-bond acceptors (Lipinski definition) is 4. The number of nitriles is 1. The summed E-state index contributed by atoms with van der Waals surface area (Å²) in [6.45, 7) is 0.284. The Balaban J connectivity index is 1.59. The van der Waals surface area contributed by atoms with Crippen LogP contribution in [0.5, 0.6) is 5.75 Å². The van der Waals surface area contributed by atoms with Crippen molar-refractivity contribution in [2.45, 2.75) is 11.5 Å². The van der Waals surface area contributed by atoms with E-state index in [0.29, 0.717) is 16.2 Å². The maximum absolute atomic E-state index is 12.5. The summed E-state index contributed by atoms with van der Waals surface area (Å²) in [6, 6.07) is 24.8. The maximum Gasteiger partial charge on any atom is 0.262 e. The number of fused-ring (bicyclic) bond motifs is 1. The SMILES string of the molecule is N#Cc1ccccc1COc1ccccc1/C=C1\Sc2ccccc2NC1=O. The predicted molar refractivity (Wildman–Crippen MR) is 111 cm³/mol. The van der Waals surface area contributed by atoms with Crippen LogP contribution in [-0.4, -0.2) is 5.91 Å². The van der Waals surface area contributed by atoms with E-state index >= 15 is 0 Å². The Morgan fingerprint density at radius 3 is 2.64 bits per heavy atom. The van der Waals surface area contributed by atoms with E-state index in [1.807, 2.05) is 72.8 Å².